The molecule has 0 unspecified atom stereocenters. The molecule has 7 heteroatoms. The number of esters is 1. The molecule has 1 aliphatic rings. The molecule has 2 rings (SSSR count). The number of nitrogens with zero attached hydrogens (tertiary/aromatic N) is 1. The van der Waals surface area contributed by atoms with E-state index < -0.39 is 6.10 Å². The number of hydrogen-bond acceptors (Lipinski definition) is 5. The fraction of sp³-hybridized carbons (Fsp3) is 0.545. The Morgan fingerprint density at radius 3 is 2.86 bits per heavy atom. The molecule has 1 saturated heterocycles. The Hall–Kier alpha value is -1.86. The summed E-state index contributed by atoms with van der Waals surface area (Å²) < 4.78 is 17.9. The van der Waals surface area contributed by atoms with Crippen molar-refractivity contribution in [2.24, 2.45) is 0 Å². The topological polar surface area (TPSA) is 66.8 Å². The highest BCUT2D eigenvalue weighted by molar-refractivity contribution is 7.99. The molecule has 29 heavy (non-hydrogen) atoms. The monoisotopic (exact) mass is 423 g/mol. The molecule has 0 bridgehead atoms. The van der Waals surface area contributed by atoms with Gasteiger partial charge in [0.1, 0.15) is 5.82 Å². The SMILES string of the molecule is CCOC(=O)CCCSCCN1C(=O)CC[C@@H]1/C=C/[C@@H](O)Cc1ccc(F)cc1. The van der Waals surface area contributed by atoms with Gasteiger partial charge in [-0.1, -0.05) is 24.3 Å². The van der Waals surface area contributed by atoms with E-state index in [1.807, 2.05) is 11.0 Å². The molecule has 2 atom stereocenters. The number of amides is 1. The molecule has 160 valence electrons. The molecule has 0 aliphatic carbocycles. The van der Waals surface area contributed by atoms with E-state index in [1.165, 1.54) is 12.1 Å². The Labute approximate surface area is 176 Å². The van der Waals surface area contributed by atoms with Crippen molar-refractivity contribution in [1.29, 1.82) is 0 Å². The summed E-state index contributed by atoms with van der Waals surface area (Å²) in [4.78, 5) is 25.3. The second-order valence-corrected chi connectivity index (χ2v) is 8.22. The standard InChI is InChI=1S/C22H30FNO4S/c1-2-28-22(27)4-3-14-29-15-13-24-19(10-12-21(24)26)9-11-20(25)16-17-5-7-18(23)8-6-17/h5-9,11,19-20,25H,2-4,10,12-16H2,1H3/b11-9+/t19-,20+/m0/s1. The van der Waals surface area contributed by atoms with Crippen LogP contribution in [0.1, 0.15) is 38.2 Å². The van der Waals surface area contributed by atoms with Crippen molar-refractivity contribution in [2.75, 3.05) is 24.7 Å². The molecule has 1 aliphatic heterocycles. The molecule has 1 aromatic carbocycles. The van der Waals surface area contributed by atoms with Gasteiger partial charge in [-0.25, -0.2) is 4.39 Å². The molecule has 5 nitrogen and oxygen atoms in total. The van der Waals surface area contributed by atoms with Crippen molar-refractivity contribution in [3.63, 3.8) is 0 Å². The number of carbonyl (C=O) groups is 2. The summed E-state index contributed by atoms with van der Waals surface area (Å²) in [5.74, 6) is 1.36. The Bertz CT molecular complexity index is 680. The molecule has 0 aromatic heterocycles. The van der Waals surface area contributed by atoms with Gasteiger partial charge in [-0.15, -0.1) is 0 Å². The minimum Gasteiger partial charge on any atom is -0.466 e. The summed E-state index contributed by atoms with van der Waals surface area (Å²) in [6, 6.07) is 6.10. The lowest BCUT2D eigenvalue weighted by Gasteiger charge is -2.22. The Morgan fingerprint density at radius 2 is 2.14 bits per heavy atom. The molecular weight excluding hydrogens is 393 g/mol. The summed E-state index contributed by atoms with van der Waals surface area (Å²) in [6.07, 6.45) is 5.86. The first-order valence-corrected chi connectivity index (χ1v) is 11.3. The summed E-state index contributed by atoms with van der Waals surface area (Å²) >= 11 is 1.73. The zero-order chi connectivity index (χ0) is 21.1. The van der Waals surface area contributed by atoms with Crippen LogP contribution < -0.4 is 0 Å². The first-order valence-electron chi connectivity index (χ1n) is 10.1. The lowest BCUT2D eigenvalue weighted by molar-refractivity contribution is -0.143. The number of rotatable bonds is 12. The lowest BCUT2D eigenvalue weighted by Crippen LogP contribution is -2.34. The van der Waals surface area contributed by atoms with Crippen molar-refractivity contribution in [3.05, 3.63) is 47.8 Å². The van der Waals surface area contributed by atoms with Gasteiger partial charge in [-0.2, -0.15) is 11.8 Å². The fourth-order valence-corrected chi connectivity index (χ4v) is 4.13. The molecule has 1 N–H and O–H groups in total. The van der Waals surface area contributed by atoms with E-state index in [0.717, 1.165) is 29.9 Å². The third-order valence-corrected chi connectivity index (χ3v) is 5.79. The number of aliphatic hydroxyl groups excluding tert-OH is 1. The first kappa shape index (κ1) is 23.4. The predicted molar refractivity (Wildman–Crippen MR) is 113 cm³/mol. The summed E-state index contributed by atoms with van der Waals surface area (Å²) in [6.45, 7) is 2.87. The maximum atomic E-state index is 13.0. The normalized spacial score (nSPS) is 17.8. The number of carbonyl (C=O) groups excluding carboxylic acids is 2. The summed E-state index contributed by atoms with van der Waals surface area (Å²) in [5, 5.41) is 10.2. The van der Waals surface area contributed by atoms with Crippen LogP contribution in [0.4, 0.5) is 4.39 Å². The summed E-state index contributed by atoms with van der Waals surface area (Å²) in [5.41, 5.74) is 0.863. The largest absolute Gasteiger partial charge is 0.466 e. The second-order valence-electron chi connectivity index (χ2n) is 7.00. The smallest absolute Gasteiger partial charge is 0.305 e. The maximum absolute atomic E-state index is 13.0. The van der Waals surface area contributed by atoms with Gasteiger partial charge in [0.25, 0.3) is 0 Å². The van der Waals surface area contributed by atoms with Crippen LogP contribution in [0.2, 0.25) is 0 Å². The van der Waals surface area contributed by atoms with E-state index in [4.69, 9.17) is 4.74 Å². The van der Waals surface area contributed by atoms with Crippen molar-refractivity contribution in [3.8, 4) is 0 Å². The number of benzene rings is 1. The van der Waals surface area contributed by atoms with Crippen LogP contribution in [-0.4, -0.2) is 58.7 Å². The Morgan fingerprint density at radius 1 is 1.38 bits per heavy atom. The molecule has 0 saturated carbocycles. The Kier molecular flexibility index (Phi) is 10.2. The number of aliphatic hydroxyl groups is 1. The van der Waals surface area contributed by atoms with E-state index in [-0.39, 0.29) is 23.7 Å². The zero-order valence-corrected chi connectivity index (χ0v) is 17.7. The van der Waals surface area contributed by atoms with Crippen LogP contribution in [0.5, 0.6) is 0 Å². The van der Waals surface area contributed by atoms with Gasteiger partial charge in [0, 0.05) is 31.6 Å². The molecule has 1 fully saturated rings. The van der Waals surface area contributed by atoms with Gasteiger partial charge in [-0.3, -0.25) is 9.59 Å². The van der Waals surface area contributed by atoms with Crippen LogP contribution in [-0.2, 0) is 20.7 Å². The number of likely N-dealkylation sites (tertiary alicyclic amines) is 1. The van der Waals surface area contributed by atoms with E-state index in [9.17, 15) is 19.1 Å². The van der Waals surface area contributed by atoms with Crippen molar-refractivity contribution in [1.82, 2.24) is 4.90 Å². The molecule has 1 heterocycles. The third kappa shape index (κ3) is 8.58. The van der Waals surface area contributed by atoms with Crippen LogP contribution in [0.15, 0.2) is 36.4 Å². The van der Waals surface area contributed by atoms with Gasteiger partial charge < -0.3 is 14.7 Å². The number of halogens is 1. The van der Waals surface area contributed by atoms with E-state index in [0.29, 0.717) is 32.4 Å². The molecular formula is C22H30FNO4S. The zero-order valence-electron chi connectivity index (χ0n) is 16.9. The minimum absolute atomic E-state index is 0.00509. The van der Waals surface area contributed by atoms with Crippen LogP contribution in [0.25, 0.3) is 0 Å². The van der Waals surface area contributed by atoms with E-state index >= 15 is 0 Å². The van der Waals surface area contributed by atoms with Gasteiger partial charge >= 0.3 is 5.97 Å². The fourth-order valence-electron chi connectivity index (χ4n) is 3.25. The van der Waals surface area contributed by atoms with E-state index in [1.54, 1.807) is 36.9 Å². The second kappa shape index (κ2) is 12.6. The van der Waals surface area contributed by atoms with Crippen molar-refractivity contribution >= 4 is 23.6 Å². The van der Waals surface area contributed by atoms with Crippen LogP contribution in [0, 0.1) is 5.82 Å². The number of hydrogen-bond donors (Lipinski definition) is 1. The maximum Gasteiger partial charge on any atom is 0.305 e. The lowest BCUT2D eigenvalue weighted by atomic mass is 10.1. The molecule has 0 radical (unpaired) electrons. The van der Waals surface area contributed by atoms with Gasteiger partial charge in [0.2, 0.25) is 5.91 Å². The van der Waals surface area contributed by atoms with Crippen molar-refractivity contribution in [2.45, 2.75) is 51.2 Å². The van der Waals surface area contributed by atoms with Crippen LogP contribution >= 0.6 is 11.8 Å². The van der Waals surface area contributed by atoms with Crippen molar-refractivity contribution < 1.29 is 23.8 Å². The minimum atomic E-state index is -0.671. The van der Waals surface area contributed by atoms with Gasteiger partial charge in [0.05, 0.1) is 18.8 Å². The predicted octanol–water partition coefficient (Wildman–Crippen LogP) is 3.35. The number of ether oxygens (including phenoxy) is 1. The molecule has 1 amide bonds. The molecule has 0 spiro atoms. The highest BCUT2D eigenvalue weighted by Crippen LogP contribution is 2.21. The quantitative estimate of drug-likeness (QED) is 0.317. The molecule has 1 aromatic rings. The average molecular weight is 424 g/mol. The van der Waals surface area contributed by atoms with Gasteiger partial charge in [-0.05, 0) is 43.2 Å². The van der Waals surface area contributed by atoms with Crippen LogP contribution in [0.3, 0.4) is 0 Å². The average Bonchev–Trinajstić information content (AvgIpc) is 3.04. The van der Waals surface area contributed by atoms with E-state index in [2.05, 4.69) is 0 Å². The highest BCUT2D eigenvalue weighted by atomic mass is 32.2. The van der Waals surface area contributed by atoms with Gasteiger partial charge in [0.15, 0.2) is 0 Å². The third-order valence-electron chi connectivity index (χ3n) is 4.74. The summed E-state index contributed by atoms with van der Waals surface area (Å²) in [7, 11) is 0. The Balaban J connectivity index is 1.71. The highest BCUT2D eigenvalue weighted by Gasteiger charge is 2.28. The number of thioether (sulfide) groups is 1. The first-order chi connectivity index (χ1) is 14.0.